The largest absolute Gasteiger partial charge is 0.303 e. The van der Waals surface area contributed by atoms with Crippen molar-refractivity contribution in [1.29, 1.82) is 0 Å². The SMILES string of the molecule is CN1CC[C@H]2CN(I)CC[C@H]21. The molecule has 0 N–H and O–H groups in total. The third-order valence-corrected chi connectivity index (χ3v) is 3.94. The fourth-order valence-electron chi connectivity index (χ4n) is 2.37. The Balaban J connectivity index is 2.00. The van der Waals surface area contributed by atoms with E-state index in [2.05, 4.69) is 37.9 Å². The summed E-state index contributed by atoms with van der Waals surface area (Å²) in [6.45, 7) is 3.92. The molecule has 2 fully saturated rings. The van der Waals surface area contributed by atoms with Crippen LogP contribution in [0.2, 0.25) is 0 Å². The first-order valence-electron chi connectivity index (χ1n) is 4.38. The first kappa shape index (κ1) is 8.26. The van der Waals surface area contributed by atoms with E-state index in [0.717, 1.165) is 12.0 Å². The Morgan fingerprint density at radius 1 is 1.27 bits per heavy atom. The summed E-state index contributed by atoms with van der Waals surface area (Å²) in [6, 6.07) is 0.904. The van der Waals surface area contributed by atoms with Crippen molar-refractivity contribution in [3.8, 4) is 0 Å². The van der Waals surface area contributed by atoms with Gasteiger partial charge in [-0.1, -0.05) is 0 Å². The van der Waals surface area contributed by atoms with Crippen LogP contribution in [-0.2, 0) is 0 Å². The second kappa shape index (κ2) is 3.18. The van der Waals surface area contributed by atoms with Crippen LogP contribution in [0.3, 0.4) is 0 Å². The Morgan fingerprint density at radius 3 is 2.91 bits per heavy atom. The van der Waals surface area contributed by atoms with E-state index in [1.807, 2.05) is 0 Å². The molecule has 0 unspecified atom stereocenters. The smallest absolute Gasteiger partial charge is 0.0201 e. The zero-order valence-corrected chi connectivity index (χ0v) is 9.12. The minimum absolute atomic E-state index is 0.904. The molecule has 2 aliphatic rings. The fourth-order valence-corrected chi connectivity index (χ4v) is 3.16. The van der Waals surface area contributed by atoms with Crippen LogP contribution in [0.15, 0.2) is 0 Å². The number of likely N-dealkylation sites (tertiary alicyclic amines) is 1. The number of rotatable bonds is 0. The maximum absolute atomic E-state index is 2.54. The van der Waals surface area contributed by atoms with E-state index >= 15 is 0 Å². The van der Waals surface area contributed by atoms with Crippen molar-refractivity contribution in [2.24, 2.45) is 5.92 Å². The Kier molecular flexibility index (Phi) is 2.39. The molecule has 2 atom stereocenters. The van der Waals surface area contributed by atoms with E-state index in [4.69, 9.17) is 0 Å². The van der Waals surface area contributed by atoms with Crippen molar-refractivity contribution in [3.63, 3.8) is 0 Å². The van der Waals surface area contributed by atoms with Gasteiger partial charge in [0, 0.05) is 42.0 Å². The van der Waals surface area contributed by atoms with E-state index in [0.29, 0.717) is 0 Å². The van der Waals surface area contributed by atoms with Gasteiger partial charge in [0.15, 0.2) is 0 Å². The summed E-state index contributed by atoms with van der Waals surface area (Å²) < 4.78 is 2.44. The van der Waals surface area contributed by atoms with Gasteiger partial charge in [0.05, 0.1) is 0 Å². The van der Waals surface area contributed by atoms with E-state index in [1.54, 1.807) is 0 Å². The van der Waals surface area contributed by atoms with E-state index < -0.39 is 0 Å². The molecule has 2 saturated heterocycles. The predicted octanol–water partition coefficient (Wildman–Crippen LogP) is 1.36. The molecule has 0 aromatic rings. The highest BCUT2D eigenvalue weighted by molar-refractivity contribution is 14.1. The number of halogens is 1. The molecule has 0 spiro atoms. The topological polar surface area (TPSA) is 6.48 Å². The molecule has 0 aliphatic carbocycles. The van der Waals surface area contributed by atoms with Crippen LogP contribution in [0, 0.1) is 5.92 Å². The Morgan fingerprint density at radius 2 is 2.09 bits per heavy atom. The van der Waals surface area contributed by atoms with Gasteiger partial charge >= 0.3 is 0 Å². The van der Waals surface area contributed by atoms with Crippen molar-refractivity contribution in [2.75, 3.05) is 26.7 Å². The van der Waals surface area contributed by atoms with E-state index in [1.165, 1.54) is 32.5 Å². The Labute approximate surface area is 82.4 Å². The number of fused-ring (bicyclic) bond motifs is 1. The lowest BCUT2D eigenvalue weighted by Gasteiger charge is -2.33. The highest BCUT2D eigenvalue weighted by Gasteiger charge is 2.35. The normalized spacial score (nSPS) is 40.9. The molecule has 2 aliphatic heterocycles. The van der Waals surface area contributed by atoms with Gasteiger partial charge in [0.25, 0.3) is 0 Å². The molecule has 2 nitrogen and oxygen atoms in total. The van der Waals surface area contributed by atoms with Crippen molar-refractivity contribution >= 4 is 22.9 Å². The zero-order chi connectivity index (χ0) is 7.84. The van der Waals surface area contributed by atoms with Gasteiger partial charge in [0.1, 0.15) is 0 Å². The molecule has 3 heteroatoms. The molecular weight excluding hydrogens is 251 g/mol. The van der Waals surface area contributed by atoms with Crippen molar-refractivity contribution in [2.45, 2.75) is 18.9 Å². The summed E-state index contributed by atoms with van der Waals surface area (Å²) in [5.74, 6) is 0.964. The minimum Gasteiger partial charge on any atom is -0.303 e. The summed E-state index contributed by atoms with van der Waals surface area (Å²) in [4.78, 5) is 2.54. The lowest BCUT2D eigenvalue weighted by Crippen LogP contribution is -2.40. The third kappa shape index (κ3) is 1.55. The first-order chi connectivity index (χ1) is 5.27. The van der Waals surface area contributed by atoms with Gasteiger partial charge in [-0.3, -0.25) is 0 Å². The van der Waals surface area contributed by atoms with Crippen molar-refractivity contribution in [3.05, 3.63) is 0 Å². The van der Waals surface area contributed by atoms with Crippen LogP contribution in [0.25, 0.3) is 0 Å². The van der Waals surface area contributed by atoms with E-state index in [-0.39, 0.29) is 0 Å². The molecule has 2 rings (SSSR count). The molecule has 64 valence electrons. The summed E-state index contributed by atoms with van der Waals surface area (Å²) in [5.41, 5.74) is 0. The maximum Gasteiger partial charge on any atom is 0.0201 e. The molecule has 11 heavy (non-hydrogen) atoms. The van der Waals surface area contributed by atoms with Crippen molar-refractivity contribution < 1.29 is 0 Å². The zero-order valence-electron chi connectivity index (χ0n) is 6.96. The van der Waals surface area contributed by atoms with Crippen LogP contribution < -0.4 is 0 Å². The van der Waals surface area contributed by atoms with Gasteiger partial charge < -0.3 is 4.90 Å². The summed E-state index contributed by atoms with van der Waals surface area (Å²) in [6.07, 6.45) is 2.80. The molecule has 0 radical (unpaired) electrons. The number of hydrogen-bond acceptors (Lipinski definition) is 2. The summed E-state index contributed by atoms with van der Waals surface area (Å²) >= 11 is 2.45. The standard InChI is InChI=1S/C8H15IN2/c1-10-4-2-7-6-11(9)5-3-8(7)10/h7-8H,2-6H2,1H3/t7-,8+/m0/s1. The van der Waals surface area contributed by atoms with Crippen LogP contribution in [0.5, 0.6) is 0 Å². The second-order valence-corrected chi connectivity index (χ2v) is 5.12. The fraction of sp³-hybridized carbons (Fsp3) is 1.00. The summed E-state index contributed by atoms with van der Waals surface area (Å²) in [5, 5.41) is 0. The summed E-state index contributed by atoms with van der Waals surface area (Å²) in [7, 11) is 2.27. The predicted molar refractivity (Wildman–Crippen MR) is 54.7 cm³/mol. The monoisotopic (exact) mass is 266 g/mol. The third-order valence-electron chi connectivity index (χ3n) is 3.06. The molecule has 0 bridgehead atoms. The highest BCUT2D eigenvalue weighted by atomic mass is 127. The minimum atomic E-state index is 0.904. The van der Waals surface area contributed by atoms with Gasteiger partial charge in [-0.15, -0.1) is 0 Å². The molecule has 0 amide bonds. The lowest BCUT2D eigenvalue weighted by atomic mass is 9.94. The van der Waals surface area contributed by atoms with Gasteiger partial charge in [-0.2, -0.15) is 0 Å². The van der Waals surface area contributed by atoms with Gasteiger partial charge in [-0.05, 0) is 32.4 Å². The second-order valence-electron chi connectivity index (χ2n) is 3.75. The molecular formula is C8H15IN2. The molecule has 0 saturated carbocycles. The van der Waals surface area contributed by atoms with Crippen molar-refractivity contribution in [1.82, 2.24) is 8.01 Å². The molecule has 0 aromatic heterocycles. The Bertz CT molecular complexity index is 151. The average Bonchev–Trinajstić information content (AvgIpc) is 2.32. The van der Waals surface area contributed by atoms with E-state index in [9.17, 15) is 0 Å². The van der Waals surface area contributed by atoms with Crippen LogP contribution in [0.1, 0.15) is 12.8 Å². The Hall–Kier alpha value is 0.650. The number of piperidine rings is 1. The maximum atomic E-state index is 2.54. The van der Waals surface area contributed by atoms with Crippen LogP contribution >= 0.6 is 22.9 Å². The van der Waals surface area contributed by atoms with Gasteiger partial charge in [-0.25, -0.2) is 3.11 Å². The molecule has 2 heterocycles. The van der Waals surface area contributed by atoms with Gasteiger partial charge in [0.2, 0.25) is 0 Å². The first-order valence-corrected chi connectivity index (χ1v) is 5.35. The average molecular weight is 266 g/mol. The number of hydrogen-bond donors (Lipinski definition) is 0. The number of nitrogens with zero attached hydrogens (tertiary/aromatic N) is 2. The van der Waals surface area contributed by atoms with Crippen LogP contribution in [-0.4, -0.2) is 40.7 Å². The highest BCUT2D eigenvalue weighted by Crippen LogP contribution is 2.31. The quantitative estimate of drug-likeness (QED) is 0.482. The molecule has 0 aromatic carbocycles. The lowest BCUT2D eigenvalue weighted by molar-refractivity contribution is 0.194. The van der Waals surface area contributed by atoms with Crippen LogP contribution in [0.4, 0.5) is 0 Å².